The van der Waals surface area contributed by atoms with Crippen molar-refractivity contribution >= 4 is 5.91 Å². The highest BCUT2D eigenvalue weighted by Gasteiger charge is 2.23. The molecule has 0 N–H and O–H groups in total. The summed E-state index contributed by atoms with van der Waals surface area (Å²) in [6.07, 6.45) is 2.05. The Kier molecular flexibility index (Phi) is 5.19. The van der Waals surface area contributed by atoms with E-state index < -0.39 is 0 Å². The van der Waals surface area contributed by atoms with Crippen LogP contribution in [0.4, 0.5) is 0 Å². The van der Waals surface area contributed by atoms with Gasteiger partial charge in [-0.05, 0) is 55.4 Å². The van der Waals surface area contributed by atoms with Gasteiger partial charge >= 0.3 is 0 Å². The van der Waals surface area contributed by atoms with Gasteiger partial charge in [0.2, 0.25) is 0 Å². The molecule has 1 saturated heterocycles. The van der Waals surface area contributed by atoms with E-state index in [9.17, 15) is 4.79 Å². The zero-order valence-electron chi connectivity index (χ0n) is 14.5. The first-order chi connectivity index (χ1) is 11.6. The van der Waals surface area contributed by atoms with Gasteiger partial charge in [-0.3, -0.25) is 4.79 Å². The molecule has 1 heterocycles. The summed E-state index contributed by atoms with van der Waals surface area (Å²) in [5, 5.41) is 0. The molecule has 2 aromatic carbocycles. The van der Waals surface area contributed by atoms with Gasteiger partial charge in [0, 0.05) is 13.1 Å². The van der Waals surface area contributed by atoms with Crippen LogP contribution in [0.15, 0.2) is 48.5 Å². The van der Waals surface area contributed by atoms with Crippen molar-refractivity contribution in [3.63, 3.8) is 0 Å². The van der Waals surface area contributed by atoms with E-state index in [0.29, 0.717) is 5.92 Å². The van der Waals surface area contributed by atoms with E-state index in [1.807, 2.05) is 36.9 Å². The standard InChI is InChI=1S/C21H25NO2/c1-16-8-9-17(2)20(14-16)24-15-21(23)22-12-10-19(11-13-22)18-6-4-3-5-7-18/h3-9,14,19H,10-13,15H2,1-2H3. The van der Waals surface area contributed by atoms with Gasteiger partial charge in [0.1, 0.15) is 5.75 Å². The SMILES string of the molecule is Cc1ccc(C)c(OCC(=O)N2CCC(c3ccccc3)CC2)c1. The third-order valence-electron chi connectivity index (χ3n) is 4.81. The number of hydrogen-bond acceptors (Lipinski definition) is 2. The van der Waals surface area contributed by atoms with Gasteiger partial charge in [-0.1, -0.05) is 42.5 Å². The molecule has 2 aromatic rings. The van der Waals surface area contributed by atoms with E-state index in [4.69, 9.17) is 4.74 Å². The maximum atomic E-state index is 12.4. The van der Waals surface area contributed by atoms with Crippen molar-refractivity contribution in [1.82, 2.24) is 4.90 Å². The quantitative estimate of drug-likeness (QED) is 0.848. The van der Waals surface area contributed by atoms with Crippen molar-refractivity contribution < 1.29 is 9.53 Å². The Morgan fingerprint density at radius 3 is 2.50 bits per heavy atom. The van der Waals surface area contributed by atoms with Crippen LogP contribution in [-0.2, 0) is 4.79 Å². The van der Waals surface area contributed by atoms with Crippen molar-refractivity contribution in [2.45, 2.75) is 32.6 Å². The average molecular weight is 323 g/mol. The van der Waals surface area contributed by atoms with Crippen molar-refractivity contribution in [2.24, 2.45) is 0 Å². The molecule has 1 aliphatic rings. The number of hydrogen-bond donors (Lipinski definition) is 0. The monoisotopic (exact) mass is 323 g/mol. The van der Waals surface area contributed by atoms with Crippen LogP contribution in [0.5, 0.6) is 5.75 Å². The van der Waals surface area contributed by atoms with E-state index >= 15 is 0 Å². The van der Waals surface area contributed by atoms with E-state index in [-0.39, 0.29) is 12.5 Å². The van der Waals surface area contributed by atoms with Crippen molar-refractivity contribution in [2.75, 3.05) is 19.7 Å². The van der Waals surface area contributed by atoms with Crippen LogP contribution in [0.25, 0.3) is 0 Å². The highest BCUT2D eigenvalue weighted by molar-refractivity contribution is 5.78. The summed E-state index contributed by atoms with van der Waals surface area (Å²) in [7, 11) is 0. The lowest BCUT2D eigenvalue weighted by Gasteiger charge is -2.32. The summed E-state index contributed by atoms with van der Waals surface area (Å²) in [6.45, 7) is 5.79. The Hall–Kier alpha value is -2.29. The van der Waals surface area contributed by atoms with Gasteiger partial charge < -0.3 is 9.64 Å². The summed E-state index contributed by atoms with van der Waals surface area (Å²) >= 11 is 0. The number of rotatable bonds is 4. The zero-order chi connectivity index (χ0) is 16.9. The number of benzene rings is 2. The maximum Gasteiger partial charge on any atom is 0.260 e. The van der Waals surface area contributed by atoms with Gasteiger partial charge in [-0.25, -0.2) is 0 Å². The molecule has 0 atom stereocenters. The first-order valence-corrected chi connectivity index (χ1v) is 8.66. The van der Waals surface area contributed by atoms with Crippen LogP contribution in [0.2, 0.25) is 0 Å². The minimum atomic E-state index is 0.0856. The molecule has 0 spiro atoms. The molecule has 0 unspecified atom stereocenters. The molecule has 0 bridgehead atoms. The second-order valence-electron chi connectivity index (χ2n) is 6.62. The highest BCUT2D eigenvalue weighted by atomic mass is 16.5. The van der Waals surface area contributed by atoms with Crippen LogP contribution >= 0.6 is 0 Å². The second kappa shape index (κ2) is 7.52. The van der Waals surface area contributed by atoms with Gasteiger partial charge in [0.15, 0.2) is 6.61 Å². The predicted octanol–water partition coefficient (Wildman–Crippen LogP) is 4.09. The molecule has 0 radical (unpaired) electrons. The minimum absolute atomic E-state index is 0.0856. The summed E-state index contributed by atoms with van der Waals surface area (Å²) in [4.78, 5) is 14.3. The third-order valence-corrected chi connectivity index (χ3v) is 4.81. The molecular formula is C21H25NO2. The molecule has 126 valence electrons. The largest absolute Gasteiger partial charge is 0.483 e. The minimum Gasteiger partial charge on any atom is -0.483 e. The fourth-order valence-corrected chi connectivity index (χ4v) is 3.28. The molecule has 1 amide bonds. The van der Waals surface area contributed by atoms with Crippen LogP contribution in [0.1, 0.15) is 35.4 Å². The van der Waals surface area contributed by atoms with Gasteiger partial charge in [-0.15, -0.1) is 0 Å². The van der Waals surface area contributed by atoms with Crippen LogP contribution in [-0.4, -0.2) is 30.5 Å². The van der Waals surface area contributed by atoms with E-state index in [1.54, 1.807) is 0 Å². The molecule has 3 heteroatoms. The number of piperidine rings is 1. The number of ether oxygens (including phenoxy) is 1. The molecular weight excluding hydrogens is 298 g/mol. The van der Waals surface area contributed by atoms with Crippen LogP contribution in [0, 0.1) is 13.8 Å². The summed E-state index contributed by atoms with van der Waals surface area (Å²) in [5.74, 6) is 1.46. The number of amides is 1. The Morgan fingerprint density at radius 1 is 1.08 bits per heavy atom. The van der Waals surface area contributed by atoms with Crippen molar-refractivity contribution in [1.29, 1.82) is 0 Å². The number of carbonyl (C=O) groups is 1. The van der Waals surface area contributed by atoms with E-state index in [2.05, 4.69) is 30.3 Å². The third kappa shape index (κ3) is 3.97. The lowest BCUT2D eigenvalue weighted by Crippen LogP contribution is -2.40. The fourth-order valence-electron chi connectivity index (χ4n) is 3.28. The average Bonchev–Trinajstić information content (AvgIpc) is 2.63. The summed E-state index contributed by atoms with van der Waals surface area (Å²) in [5.41, 5.74) is 3.60. The lowest BCUT2D eigenvalue weighted by molar-refractivity contribution is -0.134. The van der Waals surface area contributed by atoms with Gasteiger partial charge in [0.25, 0.3) is 5.91 Å². The Morgan fingerprint density at radius 2 is 1.79 bits per heavy atom. The molecule has 0 aliphatic carbocycles. The number of aryl methyl sites for hydroxylation is 2. The summed E-state index contributed by atoms with van der Waals surface area (Å²) in [6, 6.07) is 16.7. The Bertz CT molecular complexity index is 688. The summed E-state index contributed by atoms with van der Waals surface area (Å²) < 4.78 is 5.75. The van der Waals surface area contributed by atoms with Crippen molar-refractivity contribution in [3.8, 4) is 5.75 Å². The van der Waals surface area contributed by atoms with Gasteiger partial charge in [-0.2, -0.15) is 0 Å². The number of carbonyl (C=O) groups excluding carboxylic acids is 1. The second-order valence-corrected chi connectivity index (χ2v) is 6.62. The van der Waals surface area contributed by atoms with E-state index in [1.165, 1.54) is 5.56 Å². The maximum absolute atomic E-state index is 12.4. The lowest BCUT2D eigenvalue weighted by atomic mass is 9.89. The van der Waals surface area contributed by atoms with E-state index in [0.717, 1.165) is 42.8 Å². The zero-order valence-corrected chi connectivity index (χ0v) is 14.5. The predicted molar refractivity (Wildman–Crippen MR) is 96.4 cm³/mol. The highest BCUT2D eigenvalue weighted by Crippen LogP contribution is 2.28. The first kappa shape index (κ1) is 16.6. The number of likely N-dealkylation sites (tertiary alicyclic amines) is 1. The topological polar surface area (TPSA) is 29.5 Å². The Labute approximate surface area is 144 Å². The fraction of sp³-hybridized carbons (Fsp3) is 0.381. The number of nitrogens with zero attached hydrogens (tertiary/aromatic N) is 1. The first-order valence-electron chi connectivity index (χ1n) is 8.66. The van der Waals surface area contributed by atoms with Crippen LogP contribution in [0.3, 0.4) is 0 Å². The molecule has 1 aliphatic heterocycles. The molecule has 3 nitrogen and oxygen atoms in total. The van der Waals surface area contributed by atoms with Crippen molar-refractivity contribution in [3.05, 3.63) is 65.2 Å². The van der Waals surface area contributed by atoms with Crippen LogP contribution < -0.4 is 4.74 Å². The molecule has 1 fully saturated rings. The molecule has 0 saturated carbocycles. The molecule has 3 rings (SSSR count). The normalized spacial score (nSPS) is 15.3. The smallest absolute Gasteiger partial charge is 0.260 e. The van der Waals surface area contributed by atoms with Gasteiger partial charge in [0.05, 0.1) is 0 Å². The molecule has 0 aromatic heterocycles. The molecule has 24 heavy (non-hydrogen) atoms. The Balaban J connectivity index is 1.51.